The van der Waals surface area contributed by atoms with Crippen molar-refractivity contribution in [1.29, 1.82) is 5.26 Å². The molecule has 23 heavy (non-hydrogen) atoms. The quantitative estimate of drug-likeness (QED) is 0.722. The van der Waals surface area contributed by atoms with Crippen molar-refractivity contribution >= 4 is 17.1 Å². The summed E-state index contributed by atoms with van der Waals surface area (Å²) in [6.07, 6.45) is 7.82. The zero-order chi connectivity index (χ0) is 16.0. The van der Waals surface area contributed by atoms with Gasteiger partial charge < -0.3 is 4.90 Å². The lowest BCUT2D eigenvalue weighted by molar-refractivity contribution is -0.118. The lowest BCUT2D eigenvalue weighted by Crippen LogP contribution is -2.27. The summed E-state index contributed by atoms with van der Waals surface area (Å²) in [5, 5.41) is 17.6. The molecule has 114 valence electrons. The first kappa shape index (κ1) is 13.5. The highest BCUT2D eigenvalue weighted by Gasteiger charge is 2.33. The van der Waals surface area contributed by atoms with Crippen molar-refractivity contribution in [2.45, 2.75) is 13.3 Å². The molecule has 1 atom stereocenters. The Hall–Kier alpha value is -3.14. The zero-order valence-electron chi connectivity index (χ0n) is 12.5. The van der Waals surface area contributed by atoms with Crippen LogP contribution in [0.15, 0.2) is 36.9 Å². The molecule has 1 fully saturated rings. The first-order valence-corrected chi connectivity index (χ1v) is 7.37. The van der Waals surface area contributed by atoms with E-state index in [0.717, 1.165) is 22.5 Å². The van der Waals surface area contributed by atoms with Crippen LogP contribution in [0.2, 0.25) is 0 Å². The standard InChI is InChI=1S/C16H14N6O/c1-11-8-19-21(9-11)13-6-15-14(2-4-18-22(15)10-13)20-5-3-12(7-17)16(20)23/h2,4,6,8-10,12H,3,5H2,1H3. The van der Waals surface area contributed by atoms with Crippen molar-refractivity contribution in [3.8, 4) is 11.8 Å². The van der Waals surface area contributed by atoms with Gasteiger partial charge in [0.05, 0.1) is 35.4 Å². The number of hydrogen-bond donors (Lipinski definition) is 0. The average molecular weight is 306 g/mol. The van der Waals surface area contributed by atoms with Crippen LogP contribution >= 0.6 is 0 Å². The molecule has 3 aromatic heterocycles. The van der Waals surface area contributed by atoms with Crippen LogP contribution < -0.4 is 4.90 Å². The van der Waals surface area contributed by atoms with Crippen LogP contribution in [0, 0.1) is 24.2 Å². The highest BCUT2D eigenvalue weighted by atomic mass is 16.2. The van der Waals surface area contributed by atoms with Crippen molar-refractivity contribution in [1.82, 2.24) is 19.4 Å². The van der Waals surface area contributed by atoms with Gasteiger partial charge in [-0.3, -0.25) is 4.79 Å². The van der Waals surface area contributed by atoms with Gasteiger partial charge in [0.2, 0.25) is 5.91 Å². The fourth-order valence-corrected chi connectivity index (χ4v) is 2.93. The van der Waals surface area contributed by atoms with Crippen molar-refractivity contribution in [3.05, 3.63) is 42.5 Å². The third kappa shape index (κ3) is 2.07. The summed E-state index contributed by atoms with van der Waals surface area (Å²) in [4.78, 5) is 14.0. The Labute approximate surface area is 132 Å². The minimum absolute atomic E-state index is 0.140. The van der Waals surface area contributed by atoms with Gasteiger partial charge in [-0.1, -0.05) is 0 Å². The first-order valence-electron chi connectivity index (χ1n) is 7.37. The van der Waals surface area contributed by atoms with E-state index in [1.165, 1.54) is 0 Å². The molecule has 1 saturated heterocycles. The number of amides is 1. The zero-order valence-corrected chi connectivity index (χ0v) is 12.5. The summed E-state index contributed by atoms with van der Waals surface area (Å²) in [5.74, 6) is -0.690. The summed E-state index contributed by atoms with van der Waals surface area (Å²) in [5.41, 5.74) is 3.54. The lowest BCUT2D eigenvalue weighted by atomic mass is 10.1. The van der Waals surface area contributed by atoms with Gasteiger partial charge >= 0.3 is 0 Å². The average Bonchev–Trinajstić information content (AvgIpc) is 3.24. The van der Waals surface area contributed by atoms with Gasteiger partial charge in [-0.2, -0.15) is 15.5 Å². The van der Waals surface area contributed by atoms with Gasteiger partial charge in [0.25, 0.3) is 0 Å². The highest BCUT2D eigenvalue weighted by Crippen LogP contribution is 2.29. The fraction of sp³-hybridized carbons (Fsp3) is 0.250. The van der Waals surface area contributed by atoms with Crippen molar-refractivity contribution in [2.75, 3.05) is 11.4 Å². The smallest absolute Gasteiger partial charge is 0.244 e. The SMILES string of the molecule is Cc1cnn(-c2cc3c(N4CCC(C#N)C4=O)ccnn3c2)c1. The van der Waals surface area contributed by atoms with Gasteiger partial charge in [0.1, 0.15) is 5.92 Å². The van der Waals surface area contributed by atoms with Crippen molar-refractivity contribution < 1.29 is 4.79 Å². The predicted molar refractivity (Wildman–Crippen MR) is 83.1 cm³/mol. The fourth-order valence-electron chi connectivity index (χ4n) is 2.93. The van der Waals surface area contributed by atoms with E-state index >= 15 is 0 Å². The molecule has 0 radical (unpaired) electrons. The molecule has 4 rings (SSSR count). The summed E-state index contributed by atoms with van der Waals surface area (Å²) >= 11 is 0. The molecule has 0 aromatic carbocycles. The van der Waals surface area contributed by atoms with Crippen LogP contribution in [-0.2, 0) is 4.79 Å². The van der Waals surface area contributed by atoms with E-state index in [-0.39, 0.29) is 5.91 Å². The Kier molecular flexibility index (Phi) is 2.91. The van der Waals surface area contributed by atoms with E-state index in [9.17, 15) is 4.79 Å². The number of aryl methyl sites for hydroxylation is 1. The molecule has 1 unspecified atom stereocenters. The van der Waals surface area contributed by atoms with Crippen LogP contribution in [-0.4, -0.2) is 31.8 Å². The molecule has 4 heterocycles. The van der Waals surface area contributed by atoms with Crippen LogP contribution in [0.3, 0.4) is 0 Å². The molecule has 0 saturated carbocycles. The summed E-state index contributed by atoms with van der Waals surface area (Å²) in [6, 6.07) is 5.82. The van der Waals surface area contributed by atoms with E-state index in [2.05, 4.69) is 16.3 Å². The summed E-state index contributed by atoms with van der Waals surface area (Å²) in [6.45, 7) is 2.53. The number of hydrogen-bond acceptors (Lipinski definition) is 4. The Morgan fingerprint density at radius 2 is 2.22 bits per heavy atom. The maximum absolute atomic E-state index is 12.3. The van der Waals surface area contributed by atoms with Crippen molar-refractivity contribution in [2.24, 2.45) is 5.92 Å². The number of aromatic nitrogens is 4. The van der Waals surface area contributed by atoms with Crippen LogP contribution in [0.4, 0.5) is 5.69 Å². The molecule has 0 N–H and O–H groups in total. The largest absolute Gasteiger partial charge is 0.309 e. The van der Waals surface area contributed by atoms with E-state index < -0.39 is 5.92 Å². The topological polar surface area (TPSA) is 79.2 Å². The minimum atomic E-state index is -0.550. The van der Waals surface area contributed by atoms with E-state index in [1.807, 2.05) is 31.5 Å². The third-order valence-corrected chi connectivity index (χ3v) is 4.10. The lowest BCUT2D eigenvalue weighted by Gasteiger charge is -2.16. The Morgan fingerprint density at radius 3 is 2.91 bits per heavy atom. The van der Waals surface area contributed by atoms with Gasteiger partial charge in [-0.25, -0.2) is 9.20 Å². The number of anilines is 1. The van der Waals surface area contributed by atoms with Gasteiger partial charge in [-0.15, -0.1) is 0 Å². The van der Waals surface area contributed by atoms with E-state index in [0.29, 0.717) is 13.0 Å². The highest BCUT2D eigenvalue weighted by molar-refractivity contribution is 6.02. The van der Waals surface area contributed by atoms with Gasteiger partial charge in [-0.05, 0) is 31.0 Å². The maximum Gasteiger partial charge on any atom is 0.244 e. The Bertz CT molecular complexity index is 947. The number of nitrogens with zero attached hydrogens (tertiary/aromatic N) is 6. The third-order valence-electron chi connectivity index (χ3n) is 4.10. The van der Waals surface area contributed by atoms with E-state index in [1.54, 1.807) is 26.5 Å². The van der Waals surface area contributed by atoms with Gasteiger partial charge in [0.15, 0.2) is 0 Å². The number of carbonyl (C=O) groups excluding carboxylic acids is 1. The normalized spacial score (nSPS) is 17.8. The predicted octanol–water partition coefficient (Wildman–Crippen LogP) is 1.70. The van der Waals surface area contributed by atoms with Crippen LogP contribution in [0.1, 0.15) is 12.0 Å². The molecular formula is C16H14N6O. The molecule has 0 spiro atoms. The first-order chi connectivity index (χ1) is 11.2. The van der Waals surface area contributed by atoms with E-state index in [4.69, 9.17) is 5.26 Å². The number of rotatable bonds is 2. The number of nitriles is 1. The minimum Gasteiger partial charge on any atom is -0.309 e. The summed E-state index contributed by atoms with van der Waals surface area (Å²) < 4.78 is 3.51. The molecule has 0 aliphatic carbocycles. The Morgan fingerprint density at radius 1 is 1.35 bits per heavy atom. The Balaban J connectivity index is 1.81. The second-order valence-electron chi connectivity index (χ2n) is 5.67. The monoisotopic (exact) mass is 306 g/mol. The molecule has 7 heteroatoms. The maximum atomic E-state index is 12.3. The second-order valence-corrected chi connectivity index (χ2v) is 5.67. The number of fused-ring (bicyclic) bond motifs is 1. The van der Waals surface area contributed by atoms with Crippen molar-refractivity contribution in [3.63, 3.8) is 0 Å². The molecule has 7 nitrogen and oxygen atoms in total. The summed E-state index contributed by atoms with van der Waals surface area (Å²) in [7, 11) is 0. The molecule has 0 bridgehead atoms. The molecule has 3 aromatic rings. The van der Waals surface area contributed by atoms with Crippen LogP contribution in [0.25, 0.3) is 11.2 Å². The molecular weight excluding hydrogens is 292 g/mol. The van der Waals surface area contributed by atoms with Gasteiger partial charge in [0, 0.05) is 18.9 Å². The molecule has 1 amide bonds. The van der Waals surface area contributed by atoms with Crippen LogP contribution in [0.5, 0.6) is 0 Å². The molecule has 1 aliphatic heterocycles. The number of carbonyl (C=O) groups is 1. The second kappa shape index (κ2) is 4.95. The molecule has 1 aliphatic rings.